The number of hydrogen-bond acceptors (Lipinski definition) is 7. The summed E-state index contributed by atoms with van der Waals surface area (Å²) in [6, 6.07) is 17.9. The SMILES string of the molecule is CCOC(=O)C1=C(c2ccccc2)NC(SCCCC#N)=C(C#N)[C@H]1c1cccs1. The van der Waals surface area contributed by atoms with Crippen LogP contribution in [0, 0.1) is 22.7 Å². The van der Waals surface area contributed by atoms with Crippen molar-refractivity contribution in [3.8, 4) is 12.1 Å². The molecular formula is C23H21N3O2S2. The Morgan fingerprint density at radius 2 is 2.03 bits per heavy atom. The number of nitrogens with one attached hydrogen (secondary N) is 1. The number of nitriles is 2. The minimum absolute atomic E-state index is 0.253. The second-order valence-electron chi connectivity index (χ2n) is 6.41. The summed E-state index contributed by atoms with van der Waals surface area (Å²) in [7, 11) is 0. The lowest BCUT2D eigenvalue weighted by molar-refractivity contribution is -0.138. The first-order chi connectivity index (χ1) is 14.7. The molecule has 0 aliphatic carbocycles. The highest BCUT2D eigenvalue weighted by atomic mass is 32.2. The molecule has 1 aromatic carbocycles. The highest BCUT2D eigenvalue weighted by Gasteiger charge is 2.37. The number of thiophene rings is 1. The molecule has 0 fully saturated rings. The maximum Gasteiger partial charge on any atom is 0.337 e. The molecule has 1 aromatic heterocycles. The summed E-state index contributed by atoms with van der Waals surface area (Å²) < 4.78 is 5.40. The summed E-state index contributed by atoms with van der Waals surface area (Å²) >= 11 is 3.02. The van der Waals surface area contributed by atoms with Crippen LogP contribution in [0.4, 0.5) is 0 Å². The fraction of sp³-hybridized carbons (Fsp3) is 0.261. The van der Waals surface area contributed by atoms with Gasteiger partial charge in [-0.3, -0.25) is 0 Å². The van der Waals surface area contributed by atoms with E-state index < -0.39 is 11.9 Å². The Morgan fingerprint density at radius 3 is 2.67 bits per heavy atom. The number of allylic oxidation sites excluding steroid dienone is 1. The number of thioether (sulfide) groups is 1. The van der Waals surface area contributed by atoms with Gasteiger partial charge in [-0.2, -0.15) is 10.5 Å². The van der Waals surface area contributed by atoms with Gasteiger partial charge in [0.1, 0.15) is 0 Å². The van der Waals surface area contributed by atoms with Crippen molar-refractivity contribution in [3.05, 3.63) is 74.5 Å². The Balaban J connectivity index is 2.15. The van der Waals surface area contributed by atoms with Gasteiger partial charge >= 0.3 is 5.97 Å². The van der Waals surface area contributed by atoms with Gasteiger partial charge in [0.15, 0.2) is 0 Å². The fourth-order valence-electron chi connectivity index (χ4n) is 3.22. The van der Waals surface area contributed by atoms with Crippen molar-refractivity contribution >= 4 is 34.8 Å². The van der Waals surface area contributed by atoms with Crippen LogP contribution in [0.5, 0.6) is 0 Å². The smallest absolute Gasteiger partial charge is 0.337 e. The van der Waals surface area contributed by atoms with Crippen molar-refractivity contribution in [2.75, 3.05) is 12.4 Å². The summed E-state index contributed by atoms with van der Waals surface area (Å²) in [5, 5.41) is 24.9. The van der Waals surface area contributed by atoms with Gasteiger partial charge in [0.2, 0.25) is 0 Å². The maximum absolute atomic E-state index is 13.1. The summed E-state index contributed by atoms with van der Waals surface area (Å²) in [5.74, 6) is -0.220. The molecule has 7 heteroatoms. The number of carbonyl (C=O) groups is 1. The standard InChI is InChI=1S/C23H21N3O2S2/c1-2-28-23(27)20-19(18-11-8-14-29-18)17(15-25)22(30-13-7-6-12-24)26-21(20)16-9-4-3-5-10-16/h3-5,8-11,14,19,26H,2,6-7,13H2,1H3/t19-/m0/s1. The van der Waals surface area contributed by atoms with Crippen LogP contribution in [-0.2, 0) is 9.53 Å². The molecule has 0 spiro atoms. The van der Waals surface area contributed by atoms with Crippen LogP contribution in [0.15, 0.2) is 64.0 Å². The minimum atomic E-state index is -0.496. The molecular weight excluding hydrogens is 414 g/mol. The number of carbonyl (C=O) groups excluding carboxylic acids is 1. The van der Waals surface area contributed by atoms with Crippen molar-refractivity contribution in [1.82, 2.24) is 5.32 Å². The molecule has 5 nitrogen and oxygen atoms in total. The van der Waals surface area contributed by atoms with Crippen molar-refractivity contribution in [1.29, 1.82) is 10.5 Å². The van der Waals surface area contributed by atoms with E-state index in [1.807, 2.05) is 47.8 Å². The van der Waals surface area contributed by atoms with Crippen LogP contribution in [0.25, 0.3) is 5.70 Å². The van der Waals surface area contributed by atoms with E-state index in [0.29, 0.717) is 29.0 Å². The summed E-state index contributed by atoms with van der Waals surface area (Å²) in [6.07, 6.45) is 1.19. The normalized spacial score (nSPS) is 15.9. The maximum atomic E-state index is 13.1. The van der Waals surface area contributed by atoms with Crippen molar-refractivity contribution in [2.45, 2.75) is 25.7 Å². The van der Waals surface area contributed by atoms with Gasteiger partial charge in [-0.1, -0.05) is 36.4 Å². The minimum Gasteiger partial charge on any atom is -0.463 e. The number of rotatable bonds is 8. The molecule has 1 aliphatic rings. The largest absolute Gasteiger partial charge is 0.463 e. The molecule has 0 radical (unpaired) electrons. The number of ether oxygens (including phenoxy) is 1. The van der Waals surface area contributed by atoms with Crippen LogP contribution in [0.3, 0.4) is 0 Å². The zero-order valence-corrected chi connectivity index (χ0v) is 18.2. The van der Waals surface area contributed by atoms with Crippen LogP contribution in [0.1, 0.15) is 36.1 Å². The summed E-state index contributed by atoms with van der Waals surface area (Å²) in [4.78, 5) is 14.0. The molecule has 3 rings (SSSR count). The number of nitrogens with zero attached hydrogens (tertiary/aromatic N) is 2. The van der Waals surface area contributed by atoms with Crippen molar-refractivity contribution < 1.29 is 9.53 Å². The van der Waals surface area contributed by atoms with E-state index in [4.69, 9.17) is 10.00 Å². The third kappa shape index (κ3) is 4.76. The number of hydrogen-bond donors (Lipinski definition) is 1. The quantitative estimate of drug-likeness (QED) is 0.454. The first-order valence-corrected chi connectivity index (χ1v) is 11.5. The molecule has 0 saturated heterocycles. The average Bonchev–Trinajstić information content (AvgIpc) is 3.31. The van der Waals surface area contributed by atoms with Gasteiger partial charge in [-0.15, -0.1) is 23.1 Å². The lowest BCUT2D eigenvalue weighted by Gasteiger charge is -2.30. The topological polar surface area (TPSA) is 85.9 Å². The fourth-order valence-corrected chi connectivity index (χ4v) is 5.05. The van der Waals surface area contributed by atoms with Crippen molar-refractivity contribution in [2.24, 2.45) is 0 Å². The Hall–Kier alpha value is -3.00. The molecule has 0 bridgehead atoms. The van der Waals surface area contributed by atoms with E-state index in [1.54, 1.807) is 6.92 Å². The monoisotopic (exact) mass is 435 g/mol. The molecule has 30 heavy (non-hydrogen) atoms. The lowest BCUT2D eigenvalue weighted by atomic mass is 9.85. The first kappa shape index (κ1) is 21.7. The lowest BCUT2D eigenvalue weighted by Crippen LogP contribution is -2.29. The van der Waals surface area contributed by atoms with E-state index in [2.05, 4.69) is 17.5 Å². The average molecular weight is 436 g/mol. The van der Waals surface area contributed by atoms with Crippen LogP contribution >= 0.6 is 23.1 Å². The predicted molar refractivity (Wildman–Crippen MR) is 120 cm³/mol. The number of dihydropyridines is 1. The molecule has 1 N–H and O–H groups in total. The number of esters is 1. The third-order valence-corrected chi connectivity index (χ3v) is 6.56. The molecule has 0 unspecified atom stereocenters. The van der Waals surface area contributed by atoms with Gasteiger partial charge in [0.25, 0.3) is 0 Å². The number of unbranched alkanes of at least 4 members (excludes halogenated alkanes) is 1. The van der Waals surface area contributed by atoms with Crippen LogP contribution in [0.2, 0.25) is 0 Å². The molecule has 1 aliphatic heterocycles. The Kier molecular flexibility index (Phi) is 7.73. The first-order valence-electron chi connectivity index (χ1n) is 9.62. The number of benzene rings is 1. The van der Waals surface area contributed by atoms with Crippen LogP contribution < -0.4 is 5.32 Å². The van der Waals surface area contributed by atoms with Gasteiger partial charge < -0.3 is 10.1 Å². The molecule has 2 heterocycles. The highest BCUT2D eigenvalue weighted by Crippen LogP contribution is 2.44. The van der Waals surface area contributed by atoms with Gasteiger partial charge in [-0.05, 0) is 30.4 Å². The third-order valence-electron chi connectivity index (χ3n) is 4.52. The molecule has 1 atom stereocenters. The molecule has 0 saturated carbocycles. The van der Waals surface area contributed by atoms with Gasteiger partial charge in [-0.25, -0.2) is 4.79 Å². The summed E-state index contributed by atoms with van der Waals surface area (Å²) in [5.41, 5.74) is 2.47. The second kappa shape index (κ2) is 10.7. The van der Waals surface area contributed by atoms with E-state index in [9.17, 15) is 10.1 Å². The second-order valence-corrected chi connectivity index (χ2v) is 8.50. The summed E-state index contributed by atoms with van der Waals surface area (Å²) in [6.45, 7) is 2.03. The van der Waals surface area contributed by atoms with Crippen molar-refractivity contribution in [3.63, 3.8) is 0 Å². The zero-order valence-electron chi connectivity index (χ0n) is 16.6. The van der Waals surface area contributed by atoms with E-state index in [0.717, 1.165) is 21.9 Å². The molecule has 2 aromatic rings. The van der Waals surface area contributed by atoms with Crippen LogP contribution in [-0.4, -0.2) is 18.3 Å². The predicted octanol–water partition coefficient (Wildman–Crippen LogP) is 5.18. The Bertz CT molecular complexity index is 1030. The van der Waals surface area contributed by atoms with E-state index in [1.165, 1.54) is 23.1 Å². The Morgan fingerprint density at radius 1 is 1.23 bits per heavy atom. The van der Waals surface area contributed by atoms with Gasteiger partial charge in [0.05, 0.1) is 46.5 Å². The van der Waals surface area contributed by atoms with E-state index in [-0.39, 0.29) is 6.61 Å². The highest BCUT2D eigenvalue weighted by molar-refractivity contribution is 8.03. The Labute approximate surface area is 184 Å². The zero-order chi connectivity index (χ0) is 21.3. The van der Waals surface area contributed by atoms with Gasteiger partial charge in [0, 0.05) is 17.1 Å². The molecule has 152 valence electrons. The molecule has 0 amide bonds. The van der Waals surface area contributed by atoms with E-state index >= 15 is 0 Å².